The monoisotopic (exact) mass is 322 g/mol. The summed E-state index contributed by atoms with van der Waals surface area (Å²) >= 11 is 2.99. The van der Waals surface area contributed by atoms with Crippen LogP contribution in [0.4, 0.5) is 0 Å². The van der Waals surface area contributed by atoms with Crippen LogP contribution in [0.3, 0.4) is 0 Å². The van der Waals surface area contributed by atoms with Gasteiger partial charge in [0.15, 0.2) is 0 Å². The molecular weight excluding hydrogens is 304 g/mol. The minimum absolute atomic E-state index is 0.764. The number of nitrogens with one attached hydrogen (secondary N) is 1. The number of thiazole rings is 1. The minimum atomic E-state index is -0.815. The summed E-state index contributed by atoms with van der Waals surface area (Å²) in [5.41, 5.74) is 1.17. The van der Waals surface area contributed by atoms with Gasteiger partial charge in [-0.2, -0.15) is 0 Å². The summed E-state index contributed by atoms with van der Waals surface area (Å²) in [7, 11) is 0. The van der Waals surface area contributed by atoms with Crippen LogP contribution < -0.4 is 5.32 Å². The molecule has 0 aliphatic heterocycles. The Bertz CT molecular complexity index is 580. The first-order valence-electron chi connectivity index (χ1n) is 6.58. The maximum atomic E-state index is 11.1. The predicted octanol–water partition coefficient (Wildman–Crippen LogP) is 3.39. The smallest absolute Gasteiger partial charge is 0.319 e. The summed E-state index contributed by atoms with van der Waals surface area (Å²) in [5.74, 6) is -0.804. The molecule has 0 fully saturated rings. The summed E-state index contributed by atoms with van der Waals surface area (Å²) < 4.78 is -0.815. The molecule has 112 valence electrons. The Balaban J connectivity index is 1.85. The van der Waals surface area contributed by atoms with Crippen molar-refractivity contribution in [3.8, 4) is 0 Å². The van der Waals surface area contributed by atoms with E-state index in [2.05, 4.69) is 10.3 Å². The van der Waals surface area contributed by atoms with Crippen LogP contribution in [0, 0.1) is 0 Å². The molecule has 0 unspecified atom stereocenters. The lowest BCUT2D eigenvalue weighted by atomic mass is 10.2. The fourth-order valence-electron chi connectivity index (χ4n) is 1.67. The zero-order chi connectivity index (χ0) is 15.3. The highest BCUT2D eigenvalue weighted by molar-refractivity contribution is 8.01. The van der Waals surface area contributed by atoms with E-state index in [9.17, 15) is 4.79 Å². The molecule has 0 spiro atoms. The molecule has 2 aromatic rings. The normalized spacial score (nSPS) is 11.5. The SMILES string of the molecule is CC(C)(Sc1ccc(CNCc2nccs2)cc1)C(=O)O. The van der Waals surface area contributed by atoms with Crippen LogP contribution in [0.2, 0.25) is 0 Å². The zero-order valence-electron chi connectivity index (χ0n) is 12.0. The van der Waals surface area contributed by atoms with Crippen LogP contribution in [0.5, 0.6) is 0 Å². The molecule has 1 heterocycles. The summed E-state index contributed by atoms with van der Waals surface area (Å²) in [5, 5.41) is 15.5. The molecule has 2 N–H and O–H groups in total. The zero-order valence-corrected chi connectivity index (χ0v) is 13.6. The third-order valence-corrected chi connectivity index (χ3v) is 4.87. The van der Waals surface area contributed by atoms with Crippen molar-refractivity contribution in [3.63, 3.8) is 0 Å². The van der Waals surface area contributed by atoms with Gasteiger partial charge in [-0.3, -0.25) is 4.79 Å². The first-order valence-corrected chi connectivity index (χ1v) is 8.27. The standard InChI is InChI=1S/C15H18N2O2S2/c1-15(2,14(18)19)21-12-5-3-11(4-6-12)9-16-10-13-17-7-8-20-13/h3-8,16H,9-10H2,1-2H3,(H,18,19). The molecule has 6 heteroatoms. The molecule has 0 bridgehead atoms. The van der Waals surface area contributed by atoms with Gasteiger partial charge in [-0.1, -0.05) is 12.1 Å². The van der Waals surface area contributed by atoms with Crippen molar-refractivity contribution >= 4 is 29.1 Å². The molecule has 0 saturated carbocycles. The molecule has 2 rings (SSSR count). The molecule has 0 saturated heterocycles. The van der Waals surface area contributed by atoms with Crippen LogP contribution >= 0.6 is 23.1 Å². The number of carbonyl (C=O) groups is 1. The van der Waals surface area contributed by atoms with Crippen LogP contribution in [0.25, 0.3) is 0 Å². The molecular formula is C15H18N2O2S2. The average molecular weight is 322 g/mol. The van der Waals surface area contributed by atoms with E-state index in [1.54, 1.807) is 31.4 Å². The molecule has 0 amide bonds. The number of thioether (sulfide) groups is 1. The molecule has 21 heavy (non-hydrogen) atoms. The second-order valence-corrected chi connectivity index (χ2v) is 7.77. The van der Waals surface area contributed by atoms with Crippen molar-refractivity contribution in [1.29, 1.82) is 0 Å². The lowest BCUT2D eigenvalue weighted by Crippen LogP contribution is -2.26. The number of hydrogen-bond donors (Lipinski definition) is 2. The van der Waals surface area contributed by atoms with Crippen molar-refractivity contribution in [1.82, 2.24) is 10.3 Å². The quantitative estimate of drug-likeness (QED) is 0.765. The molecule has 0 aliphatic rings. The number of hydrogen-bond acceptors (Lipinski definition) is 5. The number of aromatic nitrogens is 1. The van der Waals surface area contributed by atoms with Gasteiger partial charge < -0.3 is 10.4 Å². The van der Waals surface area contributed by atoms with Gasteiger partial charge in [-0.25, -0.2) is 4.98 Å². The highest BCUT2D eigenvalue weighted by Crippen LogP contribution is 2.32. The van der Waals surface area contributed by atoms with Gasteiger partial charge in [0, 0.05) is 29.6 Å². The summed E-state index contributed by atoms with van der Waals surface area (Å²) in [6.45, 7) is 4.96. The van der Waals surface area contributed by atoms with E-state index in [4.69, 9.17) is 5.11 Å². The summed E-state index contributed by atoms with van der Waals surface area (Å²) in [6.07, 6.45) is 1.80. The van der Waals surface area contributed by atoms with Gasteiger partial charge in [0.2, 0.25) is 0 Å². The maximum absolute atomic E-state index is 11.1. The minimum Gasteiger partial charge on any atom is -0.480 e. The summed E-state index contributed by atoms with van der Waals surface area (Å²) in [4.78, 5) is 16.3. The van der Waals surface area contributed by atoms with Gasteiger partial charge in [-0.15, -0.1) is 23.1 Å². The Hall–Kier alpha value is -1.37. The van der Waals surface area contributed by atoms with Gasteiger partial charge in [0.05, 0.1) is 0 Å². The molecule has 1 aromatic carbocycles. The summed E-state index contributed by atoms with van der Waals surface area (Å²) in [6, 6.07) is 7.98. The van der Waals surface area contributed by atoms with Gasteiger partial charge in [0.1, 0.15) is 9.75 Å². The number of carboxylic acids is 1. The average Bonchev–Trinajstić information content (AvgIpc) is 2.93. The lowest BCUT2D eigenvalue weighted by molar-refractivity contribution is -0.138. The van der Waals surface area contributed by atoms with E-state index >= 15 is 0 Å². The van der Waals surface area contributed by atoms with Crippen molar-refractivity contribution in [2.24, 2.45) is 0 Å². The maximum Gasteiger partial charge on any atom is 0.319 e. The van der Waals surface area contributed by atoms with E-state index in [-0.39, 0.29) is 0 Å². The highest BCUT2D eigenvalue weighted by Gasteiger charge is 2.28. The number of nitrogens with zero attached hydrogens (tertiary/aromatic N) is 1. The van der Waals surface area contributed by atoms with Crippen molar-refractivity contribution in [2.45, 2.75) is 36.6 Å². The second kappa shape index (κ2) is 7.06. The second-order valence-electron chi connectivity index (χ2n) is 5.09. The molecule has 0 aliphatic carbocycles. The largest absolute Gasteiger partial charge is 0.480 e. The molecule has 0 atom stereocenters. The number of rotatable bonds is 7. The number of carboxylic acid groups (broad SMARTS) is 1. The predicted molar refractivity (Wildman–Crippen MR) is 86.7 cm³/mol. The van der Waals surface area contributed by atoms with E-state index in [1.165, 1.54) is 17.3 Å². The Kier molecular flexibility index (Phi) is 5.39. The Morgan fingerprint density at radius 2 is 2.05 bits per heavy atom. The topological polar surface area (TPSA) is 62.2 Å². The van der Waals surface area contributed by atoms with E-state index in [1.807, 2.05) is 29.6 Å². The van der Waals surface area contributed by atoms with Crippen LogP contribution in [0.1, 0.15) is 24.4 Å². The molecule has 4 nitrogen and oxygen atoms in total. The van der Waals surface area contributed by atoms with Crippen LogP contribution in [0.15, 0.2) is 40.7 Å². The van der Waals surface area contributed by atoms with E-state index < -0.39 is 10.7 Å². The third kappa shape index (κ3) is 4.84. The number of benzene rings is 1. The first kappa shape index (κ1) is 16.0. The van der Waals surface area contributed by atoms with Crippen molar-refractivity contribution in [3.05, 3.63) is 46.4 Å². The van der Waals surface area contributed by atoms with Gasteiger partial charge >= 0.3 is 5.97 Å². The highest BCUT2D eigenvalue weighted by atomic mass is 32.2. The fraction of sp³-hybridized carbons (Fsp3) is 0.333. The molecule has 0 radical (unpaired) electrons. The molecule has 1 aromatic heterocycles. The van der Waals surface area contributed by atoms with E-state index in [0.29, 0.717) is 0 Å². The van der Waals surface area contributed by atoms with Crippen LogP contribution in [-0.4, -0.2) is 20.8 Å². The van der Waals surface area contributed by atoms with Crippen molar-refractivity contribution < 1.29 is 9.90 Å². The van der Waals surface area contributed by atoms with Gasteiger partial charge in [0.25, 0.3) is 0 Å². The van der Waals surface area contributed by atoms with E-state index in [0.717, 1.165) is 23.0 Å². The van der Waals surface area contributed by atoms with Gasteiger partial charge in [-0.05, 0) is 31.5 Å². The van der Waals surface area contributed by atoms with Crippen molar-refractivity contribution in [2.75, 3.05) is 0 Å². The Morgan fingerprint density at radius 3 is 2.62 bits per heavy atom. The number of aliphatic carboxylic acids is 1. The first-order chi connectivity index (χ1) is 9.97. The fourth-order valence-corrected chi connectivity index (χ4v) is 3.20. The third-order valence-electron chi connectivity index (χ3n) is 2.90. The Labute approximate surface area is 132 Å². The Morgan fingerprint density at radius 1 is 1.33 bits per heavy atom. The van der Waals surface area contributed by atoms with Crippen LogP contribution in [-0.2, 0) is 17.9 Å². The lowest BCUT2D eigenvalue weighted by Gasteiger charge is -2.18.